The molecule has 0 radical (unpaired) electrons. The summed E-state index contributed by atoms with van der Waals surface area (Å²) in [5.74, 6) is -2.47. The summed E-state index contributed by atoms with van der Waals surface area (Å²) in [4.78, 5) is 37.9. The Kier molecular flexibility index (Phi) is 6.25. The molecule has 7 heteroatoms. The maximum Gasteiger partial charge on any atom is 0.340 e. The third-order valence-electron chi connectivity index (χ3n) is 3.68. The fourth-order valence-electron chi connectivity index (χ4n) is 2.70. The van der Waals surface area contributed by atoms with E-state index in [9.17, 15) is 14.4 Å². The van der Waals surface area contributed by atoms with Crippen molar-refractivity contribution in [2.45, 2.75) is 46.1 Å². The van der Waals surface area contributed by atoms with Gasteiger partial charge in [0.1, 0.15) is 11.5 Å². The van der Waals surface area contributed by atoms with Gasteiger partial charge in [0, 0.05) is 11.1 Å². The predicted octanol–water partition coefficient (Wildman–Crippen LogP) is 2.25. The Bertz CT molecular complexity index is 822. The van der Waals surface area contributed by atoms with Gasteiger partial charge in [-0.2, -0.15) is 0 Å². The fourth-order valence-corrected chi connectivity index (χ4v) is 2.70. The van der Waals surface area contributed by atoms with E-state index in [-0.39, 0.29) is 36.0 Å². The highest BCUT2D eigenvalue weighted by Gasteiger charge is 2.42. The summed E-state index contributed by atoms with van der Waals surface area (Å²) in [6.07, 6.45) is 0. The van der Waals surface area contributed by atoms with Crippen LogP contribution in [0.1, 0.15) is 46.1 Å². The van der Waals surface area contributed by atoms with Crippen LogP contribution in [0.2, 0.25) is 0 Å². The van der Waals surface area contributed by atoms with Gasteiger partial charge in [-0.3, -0.25) is 9.59 Å². The molecule has 0 saturated carbocycles. The van der Waals surface area contributed by atoms with Gasteiger partial charge in [0.05, 0.1) is 13.2 Å². The normalized spacial score (nSPS) is 16.1. The molecule has 27 heavy (non-hydrogen) atoms. The van der Waals surface area contributed by atoms with Gasteiger partial charge in [0.15, 0.2) is 5.75 Å². The Morgan fingerprint density at radius 3 is 2.33 bits per heavy atom. The molecule has 1 aliphatic heterocycles. The fraction of sp³-hybridized carbons (Fsp3) is 0.450. The van der Waals surface area contributed by atoms with E-state index in [4.69, 9.17) is 14.2 Å². The van der Waals surface area contributed by atoms with Crippen LogP contribution < -0.4 is 15.5 Å². The summed E-state index contributed by atoms with van der Waals surface area (Å²) in [7, 11) is 0. The molecule has 0 saturated heterocycles. The van der Waals surface area contributed by atoms with Crippen molar-refractivity contribution in [1.82, 2.24) is 5.32 Å². The Hall–Kier alpha value is -2.83. The molecule has 1 N–H and O–H groups in total. The van der Waals surface area contributed by atoms with Gasteiger partial charge < -0.3 is 19.5 Å². The standard InChI is InChI=1S/C20H25NO6/c1-6-25-18(23)14-12-10-8-9-11-13(22)16(12)27-17(21-20(3,4)5)15(14)19(24)26-7-2/h8-11,14,21H,6-7H2,1-5H3. The molecule has 0 amide bonds. The molecule has 0 fully saturated rings. The van der Waals surface area contributed by atoms with Crippen molar-refractivity contribution >= 4 is 11.9 Å². The lowest BCUT2D eigenvalue weighted by Crippen LogP contribution is -2.42. The first kappa shape index (κ1) is 20.5. The number of ether oxygens (including phenoxy) is 3. The quantitative estimate of drug-likeness (QED) is 0.789. The number of hydrogen-bond donors (Lipinski definition) is 1. The number of rotatable bonds is 5. The van der Waals surface area contributed by atoms with E-state index >= 15 is 0 Å². The highest BCUT2D eigenvalue weighted by atomic mass is 16.5. The van der Waals surface area contributed by atoms with Gasteiger partial charge in [0.2, 0.25) is 11.3 Å². The molecule has 1 aromatic rings. The average Bonchev–Trinajstić information content (AvgIpc) is 2.74. The molecule has 2 rings (SSSR count). The van der Waals surface area contributed by atoms with Crippen molar-refractivity contribution < 1.29 is 23.8 Å². The smallest absolute Gasteiger partial charge is 0.340 e. The largest absolute Gasteiger partial charge is 0.465 e. The van der Waals surface area contributed by atoms with Crippen LogP contribution in [0.25, 0.3) is 0 Å². The number of esters is 2. The van der Waals surface area contributed by atoms with Crippen LogP contribution in [0.5, 0.6) is 5.75 Å². The number of fused-ring (bicyclic) bond motifs is 1. The Balaban J connectivity index is 2.76. The predicted molar refractivity (Wildman–Crippen MR) is 99.3 cm³/mol. The van der Waals surface area contributed by atoms with Crippen LogP contribution in [0.4, 0.5) is 0 Å². The zero-order valence-electron chi connectivity index (χ0n) is 16.3. The SMILES string of the molecule is CCOC(=O)C1=C(NC(C)(C)C)Oc2c(ccccc2=O)C1C(=O)OCC. The summed E-state index contributed by atoms with van der Waals surface area (Å²) in [5, 5.41) is 3.06. The third kappa shape index (κ3) is 4.67. The second-order valence-corrected chi connectivity index (χ2v) is 6.99. The van der Waals surface area contributed by atoms with Gasteiger partial charge >= 0.3 is 11.9 Å². The molecule has 1 aliphatic rings. The molecule has 146 valence electrons. The van der Waals surface area contributed by atoms with Crippen molar-refractivity contribution in [3.8, 4) is 5.75 Å². The van der Waals surface area contributed by atoms with Gasteiger partial charge in [-0.05, 0) is 40.7 Å². The summed E-state index contributed by atoms with van der Waals surface area (Å²) in [6, 6.07) is 6.07. The van der Waals surface area contributed by atoms with Crippen molar-refractivity contribution in [1.29, 1.82) is 0 Å². The van der Waals surface area contributed by atoms with Gasteiger partial charge in [0.25, 0.3) is 0 Å². The summed E-state index contributed by atoms with van der Waals surface area (Å²) < 4.78 is 16.1. The van der Waals surface area contributed by atoms with Crippen LogP contribution in [0.3, 0.4) is 0 Å². The summed E-state index contributed by atoms with van der Waals surface area (Å²) >= 11 is 0. The molecule has 7 nitrogen and oxygen atoms in total. The third-order valence-corrected chi connectivity index (χ3v) is 3.68. The number of nitrogens with one attached hydrogen (secondary N) is 1. The Morgan fingerprint density at radius 1 is 1.11 bits per heavy atom. The van der Waals surface area contributed by atoms with E-state index in [1.54, 1.807) is 32.0 Å². The topological polar surface area (TPSA) is 90.9 Å². The molecule has 0 spiro atoms. The molecule has 0 aliphatic carbocycles. The highest BCUT2D eigenvalue weighted by molar-refractivity contribution is 6.00. The second-order valence-electron chi connectivity index (χ2n) is 6.99. The first-order chi connectivity index (χ1) is 12.7. The second kappa shape index (κ2) is 8.24. The maximum absolute atomic E-state index is 12.8. The lowest BCUT2D eigenvalue weighted by Gasteiger charge is -2.31. The molecule has 0 bridgehead atoms. The maximum atomic E-state index is 12.8. The van der Waals surface area contributed by atoms with Crippen LogP contribution >= 0.6 is 0 Å². The van der Waals surface area contributed by atoms with E-state index in [0.717, 1.165) is 0 Å². The molecular weight excluding hydrogens is 350 g/mol. The molecule has 0 aromatic heterocycles. The van der Waals surface area contributed by atoms with E-state index < -0.39 is 28.8 Å². The Morgan fingerprint density at radius 2 is 1.74 bits per heavy atom. The van der Waals surface area contributed by atoms with E-state index in [2.05, 4.69) is 5.32 Å². The molecule has 1 heterocycles. The van der Waals surface area contributed by atoms with Crippen LogP contribution in [-0.4, -0.2) is 30.7 Å². The van der Waals surface area contributed by atoms with E-state index in [1.165, 1.54) is 6.07 Å². The number of hydrogen-bond acceptors (Lipinski definition) is 7. The van der Waals surface area contributed by atoms with Crippen molar-refractivity contribution in [3.63, 3.8) is 0 Å². The first-order valence-electron chi connectivity index (χ1n) is 8.86. The van der Waals surface area contributed by atoms with E-state index in [0.29, 0.717) is 0 Å². The number of carbonyl (C=O) groups excluding carboxylic acids is 2. The average molecular weight is 375 g/mol. The lowest BCUT2D eigenvalue weighted by molar-refractivity contribution is -0.148. The minimum absolute atomic E-state index is 0.0108. The van der Waals surface area contributed by atoms with Gasteiger partial charge in [-0.25, -0.2) is 4.79 Å². The van der Waals surface area contributed by atoms with Gasteiger partial charge in [-0.15, -0.1) is 0 Å². The Labute approximate surface area is 158 Å². The van der Waals surface area contributed by atoms with Crippen LogP contribution in [-0.2, 0) is 19.1 Å². The molecule has 1 aromatic carbocycles. The van der Waals surface area contributed by atoms with Crippen molar-refractivity contribution in [2.75, 3.05) is 13.2 Å². The van der Waals surface area contributed by atoms with Crippen LogP contribution in [0.15, 0.2) is 40.5 Å². The van der Waals surface area contributed by atoms with Gasteiger partial charge in [-0.1, -0.05) is 18.2 Å². The minimum atomic E-state index is -1.13. The lowest BCUT2D eigenvalue weighted by atomic mass is 9.89. The van der Waals surface area contributed by atoms with Crippen molar-refractivity contribution in [2.24, 2.45) is 0 Å². The zero-order valence-corrected chi connectivity index (χ0v) is 16.3. The monoisotopic (exact) mass is 375 g/mol. The first-order valence-corrected chi connectivity index (χ1v) is 8.86. The number of carbonyl (C=O) groups is 2. The van der Waals surface area contributed by atoms with E-state index in [1.807, 2.05) is 20.8 Å². The summed E-state index contributed by atoms with van der Waals surface area (Å²) in [5.41, 5.74) is -0.640. The zero-order chi connectivity index (χ0) is 20.2. The van der Waals surface area contributed by atoms with Crippen LogP contribution in [0, 0.1) is 0 Å². The molecule has 1 unspecified atom stereocenters. The van der Waals surface area contributed by atoms with Crippen molar-refractivity contribution in [3.05, 3.63) is 51.5 Å². The minimum Gasteiger partial charge on any atom is -0.465 e. The highest BCUT2D eigenvalue weighted by Crippen LogP contribution is 2.38. The molecule has 1 atom stereocenters. The summed E-state index contributed by atoms with van der Waals surface area (Å²) in [6.45, 7) is 9.19. The molecular formula is C20H25NO6.